The summed E-state index contributed by atoms with van der Waals surface area (Å²) in [7, 11) is 1.95. The van der Waals surface area contributed by atoms with Crippen molar-refractivity contribution < 1.29 is 0 Å². The van der Waals surface area contributed by atoms with Gasteiger partial charge in [0.15, 0.2) is 0 Å². The van der Waals surface area contributed by atoms with Crippen molar-refractivity contribution in [2.45, 2.75) is 0 Å². The average Bonchev–Trinajstić information content (AvgIpc) is 2.31. The molecule has 0 aromatic carbocycles. The fourth-order valence-electron chi connectivity index (χ4n) is 0.692. The first-order valence-electron chi connectivity index (χ1n) is 3.11. The summed E-state index contributed by atoms with van der Waals surface area (Å²) in [5.74, 6) is 0.944. The molecule has 10 heavy (non-hydrogen) atoms. The molecule has 1 aromatic heterocycles. The number of hydrogen-bond donors (Lipinski definition) is 0. The maximum Gasteiger partial charge on any atom is 0.132 e. The maximum absolute atomic E-state index is 4.08. The minimum absolute atomic E-state index is 0.944. The van der Waals surface area contributed by atoms with Crippen LogP contribution in [0.5, 0.6) is 0 Å². The summed E-state index contributed by atoms with van der Waals surface area (Å²) in [6, 6.07) is 0. The molecule has 0 unspecified atom stereocenters. The normalized spacial score (nSPS) is 10.5. The predicted octanol–water partition coefficient (Wildman–Crippen LogP) is 1.62. The topological polar surface area (TPSA) is 17.8 Å². The Morgan fingerprint density at radius 2 is 2.50 bits per heavy atom. The summed E-state index contributed by atoms with van der Waals surface area (Å²) in [4.78, 5) is 4.08. The van der Waals surface area contributed by atoms with Crippen LogP contribution in [-0.4, -0.2) is 9.55 Å². The fraction of sp³-hybridized carbons (Fsp3) is 0.125. The number of aryl methyl sites for hydroxylation is 1. The lowest BCUT2D eigenvalue weighted by atomic mass is 10.4. The Hall–Kier alpha value is -1.31. The van der Waals surface area contributed by atoms with Gasteiger partial charge in [0.1, 0.15) is 5.82 Å². The summed E-state index contributed by atoms with van der Waals surface area (Å²) >= 11 is 0. The highest BCUT2D eigenvalue weighted by molar-refractivity contribution is 5.42. The van der Waals surface area contributed by atoms with E-state index in [-0.39, 0.29) is 0 Å². The van der Waals surface area contributed by atoms with Crippen molar-refractivity contribution in [3.8, 4) is 0 Å². The van der Waals surface area contributed by atoms with Crippen LogP contribution in [0.15, 0.2) is 31.1 Å². The smallest absolute Gasteiger partial charge is 0.132 e. The van der Waals surface area contributed by atoms with Crippen LogP contribution in [0.2, 0.25) is 0 Å². The summed E-state index contributed by atoms with van der Waals surface area (Å²) in [5.41, 5.74) is 0. The molecule has 0 aliphatic rings. The van der Waals surface area contributed by atoms with Crippen molar-refractivity contribution in [2.24, 2.45) is 7.05 Å². The third-order valence-electron chi connectivity index (χ3n) is 1.24. The Balaban J connectivity index is 2.83. The third kappa shape index (κ3) is 1.35. The summed E-state index contributed by atoms with van der Waals surface area (Å²) in [6.45, 7) is 3.57. The second-order valence-corrected chi connectivity index (χ2v) is 1.99. The van der Waals surface area contributed by atoms with Gasteiger partial charge in [0.05, 0.1) is 0 Å². The maximum atomic E-state index is 4.08. The Bertz CT molecular complexity index is 246. The highest BCUT2D eigenvalue weighted by Gasteiger charge is 1.88. The molecule has 1 aromatic rings. The lowest BCUT2D eigenvalue weighted by Gasteiger charge is -1.90. The standard InChI is InChI=1S/C8H10N2/c1-3-4-5-8-9-6-7-10(8)2/h3-7H,1H2,2H3. The molecule has 0 aliphatic carbocycles. The predicted molar refractivity (Wildman–Crippen MR) is 42.4 cm³/mol. The largest absolute Gasteiger partial charge is 0.335 e. The molecule has 1 heterocycles. The van der Waals surface area contributed by atoms with Gasteiger partial charge in [-0.2, -0.15) is 0 Å². The second kappa shape index (κ2) is 3.01. The van der Waals surface area contributed by atoms with E-state index in [1.165, 1.54) is 0 Å². The minimum Gasteiger partial charge on any atom is -0.335 e. The highest BCUT2D eigenvalue weighted by atomic mass is 15.0. The number of allylic oxidation sites excluding steroid dienone is 2. The molecule has 0 atom stereocenters. The molecule has 0 bridgehead atoms. The first-order valence-corrected chi connectivity index (χ1v) is 3.11. The van der Waals surface area contributed by atoms with E-state index < -0.39 is 0 Å². The number of rotatable bonds is 2. The molecule has 0 radical (unpaired) electrons. The van der Waals surface area contributed by atoms with E-state index in [9.17, 15) is 0 Å². The summed E-state index contributed by atoms with van der Waals surface area (Å²) < 4.78 is 1.94. The SMILES string of the molecule is C=CC=Cc1nccn1C. The molecule has 2 nitrogen and oxygen atoms in total. The molecule has 52 valence electrons. The van der Waals surface area contributed by atoms with Crippen LogP contribution in [0.3, 0.4) is 0 Å². The van der Waals surface area contributed by atoms with Gasteiger partial charge in [-0.1, -0.05) is 18.7 Å². The first kappa shape index (κ1) is 6.81. The van der Waals surface area contributed by atoms with Crippen molar-refractivity contribution in [1.29, 1.82) is 0 Å². The van der Waals surface area contributed by atoms with Crippen LogP contribution in [0.4, 0.5) is 0 Å². The van der Waals surface area contributed by atoms with Gasteiger partial charge < -0.3 is 4.57 Å². The van der Waals surface area contributed by atoms with Crippen molar-refractivity contribution in [3.63, 3.8) is 0 Å². The van der Waals surface area contributed by atoms with Gasteiger partial charge in [-0.15, -0.1) is 0 Å². The molecule has 0 spiro atoms. The lowest BCUT2D eigenvalue weighted by molar-refractivity contribution is 0.897. The van der Waals surface area contributed by atoms with Crippen LogP contribution in [-0.2, 0) is 7.05 Å². The van der Waals surface area contributed by atoms with Crippen molar-refractivity contribution >= 4 is 6.08 Å². The Morgan fingerprint density at radius 3 is 3.00 bits per heavy atom. The van der Waals surface area contributed by atoms with Crippen molar-refractivity contribution in [1.82, 2.24) is 9.55 Å². The molecular formula is C8H10N2. The van der Waals surface area contributed by atoms with Gasteiger partial charge in [-0.05, 0) is 6.08 Å². The first-order chi connectivity index (χ1) is 4.84. The Labute approximate surface area is 60.5 Å². The molecule has 0 amide bonds. The molecule has 0 fully saturated rings. The van der Waals surface area contributed by atoms with Gasteiger partial charge in [-0.25, -0.2) is 4.98 Å². The quantitative estimate of drug-likeness (QED) is 0.562. The van der Waals surface area contributed by atoms with Gasteiger partial charge in [0, 0.05) is 19.4 Å². The molecule has 0 saturated heterocycles. The van der Waals surface area contributed by atoms with E-state index in [1.54, 1.807) is 12.3 Å². The number of nitrogens with zero attached hydrogens (tertiary/aromatic N) is 2. The number of imidazole rings is 1. The molecule has 0 N–H and O–H groups in total. The van der Waals surface area contributed by atoms with E-state index >= 15 is 0 Å². The lowest BCUT2D eigenvalue weighted by Crippen LogP contribution is -1.88. The van der Waals surface area contributed by atoms with Crippen molar-refractivity contribution in [2.75, 3.05) is 0 Å². The van der Waals surface area contributed by atoms with Crippen LogP contribution < -0.4 is 0 Å². The van der Waals surface area contributed by atoms with Gasteiger partial charge in [-0.3, -0.25) is 0 Å². The minimum atomic E-state index is 0.944. The summed E-state index contributed by atoms with van der Waals surface area (Å²) in [6.07, 6.45) is 9.18. The Kier molecular flexibility index (Phi) is 2.05. The van der Waals surface area contributed by atoms with Crippen LogP contribution in [0.1, 0.15) is 5.82 Å². The van der Waals surface area contributed by atoms with Crippen LogP contribution in [0.25, 0.3) is 6.08 Å². The molecule has 1 rings (SSSR count). The summed E-state index contributed by atoms with van der Waals surface area (Å²) in [5, 5.41) is 0. The zero-order valence-electron chi connectivity index (χ0n) is 5.99. The third-order valence-corrected chi connectivity index (χ3v) is 1.24. The zero-order valence-corrected chi connectivity index (χ0v) is 5.99. The van der Waals surface area contributed by atoms with Gasteiger partial charge >= 0.3 is 0 Å². The second-order valence-electron chi connectivity index (χ2n) is 1.99. The zero-order chi connectivity index (χ0) is 7.40. The van der Waals surface area contributed by atoms with Gasteiger partial charge in [0.2, 0.25) is 0 Å². The average molecular weight is 134 g/mol. The van der Waals surface area contributed by atoms with E-state index in [1.807, 2.05) is 30.0 Å². The number of hydrogen-bond acceptors (Lipinski definition) is 1. The van der Waals surface area contributed by atoms with Crippen LogP contribution in [0, 0.1) is 0 Å². The number of aromatic nitrogens is 2. The van der Waals surface area contributed by atoms with E-state index in [4.69, 9.17) is 0 Å². The molecule has 0 aliphatic heterocycles. The van der Waals surface area contributed by atoms with E-state index in [2.05, 4.69) is 11.6 Å². The fourth-order valence-corrected chi connectivity index (χ4v) is 0.692. The molecular weight excluding hydrogens is 124 g/mol. The van der Waals surface area contributed by atoms with Crippen LogP contribution >= 0.6 is 0 Å². The van der Waals surface area contributed by atoms with Crippen molar-refractivity contribution in [3.05, 3.63) is 36.9 Å². The molecule has 2 heteroatoms. The Morgan fingerprint density at radius 1 is 1.70 bits per heavy atom. The van der Waals surface area contributed by atoms with Gasteiger partial charge in [0.25, 0.3) is 0 Å². The van der Waals surface area contributed by atoms with E-state index in [0.717, 1.165) is 5.82 Å². The highest BCUT2D eigenvalue weighted by Crippen LogP contribution is 1.95. The molecule has 0 saturated carbocycles. The monoisotopic (exact) mass is 134 g/mol. The van der Waals surface area contributed by atoms with E-state index in [0.29, 0.717) is 0 Å².